The molecule has 13 heavy (non-hydrogen) atoms. The van der Waals surface area contributed by atoms with Gasteiger partial charge in [0.2, 0.25) is 0 Å². The molecular formula is C10H18N2O. The Bertz CT molecular complexity index is 183. The van der Waals surface area contributed by atoms with E-state index in [0.29, 0.717) is 0 Å². The van der Waals surface area contributed by atoms with Gasteiger partial charge in [-0.1, -0.05) is 13.0 Å². The van der Waals surface area contributed by atoms with Gasteiger partial charge < -0.3 is 10.2 Å². The van der Waals surface area contributed by atoms with Crippen molar-refractivity contribution in [2.45, 2.75) is 32.6 Å². The van der Waals surface area contributed by atoms with Crippen molar-refractivity contribution in [2.24, 2.45) is 0 Å². The molecule has 0 aromatic heterocycles. The van der Waals surface area contributed by atoms with E-state index < -0.39 is 0 Å². The van der Waals surface area contributed by atoms with Crippen molar-refractivity contribution in [2.75, 3.05) is 13.1 Å². The average molecular weight is 182 g/mol. The summed E-state index contributed by atoms with van der Waals surface area (Å²) in [6.45, 7) is 3.86. The second kappa shape index (κ2) is 5.62. The van der Waals surface area contributed by atoms with Crippen LogP contribution in [0.2, 0.25) is 0 Å². The molecule has 0 aromatic rings. The molecule has 1 N–H and O–H groups in total. The summed E-state index contributed by atoms with van der Waals surface area (Å²) < 4.78 is 0. The Hall–Kier alpha value is -0.990. The Morgan fingerprint density at radius 2 is 2.08 bits per heavy atom. The molecule has 1 aliphatic heterocycles. The van der Waals surface area contributed by atoms with Crippen LogP contribution in [-0.4, -0.2) is 24.0 Å². The maximum absolute atomic E-state index is 11.4. The van der Waals surface area contributed by atoms with Crippen LogP contribution < -0.4 is 5.32 Å². The smallest absolute Gasteiger partial charge is 0.321 e. The number of hydrogen-bond donors (Lipinski definition) is 1. The summed E-state index contributed by atoms with van der Waals surface area (Å²) in [5.74, 6) is 0. The number of allylic oxidation sites excluding steroid dienone is 1. The zero-order chi connectivity index (χ0) is 9.52. The van der Waals surface area contributed by atoms with Crippen molar-refractivity contribution in [1.82, 2.24) is 10.2 Å². The van der Waals surface area contributed by atoms with Gasteiger partial charge in [-0.2, -0.15) is 0 Å². The largest absolute Gasteiger partial charge is 0.325 e. The second-order valence-electron chi connectivity index (χ2n) is 3.31. The van der Waals surface area contributed by atoms with E-state index in [-0.39, 0.29) is 6.03 Å². The van der Waals surface area contributed by atoms with Crippen LogP contribution >= 0.6 is 0 Å². The molecular weight excluding hydrogens is 164 g/mol. The molecule has 74 valence electrons. The lowest BCUT2D eigenvalue weighted by Gasteiger charge is -2.26. The van der Waals surface area contributed by atoms with E-state index in [1.165, 1.54) is 6.42 Å². The van der Waals surface area contributed by atoms with Crippen molar-refractivity contribution in [3.63, 3.8) is 0 Å². The minimum absolute atomic E-state index is 0.0457. The third-order valence-electron chi connectivity index (χ3n) is 2.20. The number of amides is 2. The van der Waals surface area contributed by atoms with Crippen molar-refractivity contribution >= 4 is 6.03 Å². The zero-order valence-electron chi connectivity index (χ0n) is 8.25. The van der Waals surface area contributed by atoms with E-state index in [9.17, 15) is 4.79 Å². The van der Waals surface area contributed by atoms with E-state index in [2.05, 4.69) is 5.32 Å². The lowest BCUT2D eigenvalue weighted by molar-refractivity contribution is 0.190. The van der Waals surface area contributed by atoms with Crippen LogP contribution in [0.3, 0.4) is 0 Å². The summed E-state index contributed by atoms with van der Waals surface area (Å²) in [5, 5.41) is 2.76. The molecule has 2 amide bonds. The van der Waals surface area contributed by atoms with Gasteiger partial charge in [-0.15, -0.1) is 0 Å². The number of hydrogen-bond acceptors (Lipinski definition) is 1. The van der Waals surface area contributed by atoms with Gasteiger partial charge in [0.05, 0.1) is 0 Å². The summed E-state index contributed by atoms with van der Waals surface area (Å²) in [6, 6.07) is 0.0457. The number of urea groups is 1. The Kier molecular flexibility index (Phi) is 4.36. The highest BCUT2D eigenvalue weighted by Crippen LogP contribution is 2.08. The molecule has 0 unspecified atom stereocenters. The van der Waals surface area contributed by atoms with E-state index in [1.54, 1.807) is 6.20 Å². The molecule has 0 saturated carbocycles. The normalized spacial score (nSPS) is 17.8. The van der Waals surface area contributed by atoms with Gasteiger partial charge >= 0.3 is 6.03 Å². The number of rotatable bonds is 2. The number of likely N-dealkylation sites (tertiary alicyclic amines) is 1. The van der Waals surface area contributed by atoms with Crippen LogP contribution in [0.5, 0.6) is 0 Å². The van der Waals surface area contributed by atoms with Crippen molar-refractivity contribution in [3.8, 4) is 0 Å². The summed E-state index contributed by atoms with van der Waals surface area (Å²) in [7, 11) is 0. The molecule has 1 saturated heterocycles. The van der Waals surface area contributed by atoms with Crippen LogP contribution in [0.1, 0.15) is 32.6 Å². The number of nitrogens with zero attached hydrogens (tertiary/aromatic N) is 1. The Labute approximate surface area is 79.8 Å². The van der Waals surface area contributed by atoms with Crippen LogP contribution in [-0.2, 0) is 0 Å². The van der Waals surface area contributed by atoms with Gasteiger partial charge in [0.25, 0.3) is 0 Å². The molecule has 0 spiro atoms. The fourth-order valence-electron chi connectivity index (χ4n) is 1.44. The Morgan fingerprint density at radius 3 is 2.69 bits per heavy atom. The highest BCUT2D eigenvalue weighted by molar-refractivity contribution is 5.75. The van der Waals surface area contributed by atoms with Gasteiger partial charge in [0.1, 0.15) is 0 Å². The van der Waals surface area contributed by atoms with Gasteiger partial charge in [-0.05, 0) is 25.7 Å². The summed E-state index contributed by atoms with van der Waals surface area (Å²) in [4.78, 5) is 13.3. The molecule has 0 aliphatic carbocycles. The van der Waals surface area contributed by atoms with E-state index in [0.717, 1.165) is 32.4 Å². The highest BCUT2D eigenvalue weighted by Gasteiger charge is 2.14. The van der Waals surface area contributed by atoms with Crippen LogP contribution in [0.15, 0.2) is 12.3 Å². The fraction of sp³-hybridized carbons (Fsp3) is 0.700. The predicted molar refractivity (Wildman–Crippen MR) is 53.4 cm³/mol. The first-order valence-corrected chi connectivity index (χ1v) is 5.05. The molecule has 0 aromatic carbocycles. The van der Waals surface area contributed by atoms with Crippen LogP contribution in [0.4, 0.5) is 4.79 Å². The van der Waals surface area contributed by atoms with E-state index in [4.69, 9.17) is 0 Å². The third-order valence-corrected chi connectivity index (χ3v) is 2.20. The van der Waals surface area contributed by atoms with Gasteiger partial charge in [0.15, 0.2) is 0 Å². The van der Waals surface area contributed by atoms with E-state index in [1.807, 2.05) is 17.9 Å². The molecule has 1 rings (SSSR count). The topological polar surface area (TPSA) is 32.3 Å². The fourth-order valence-corrected chi connectivity index (χ4v) is 1.44. The first kappa shape index (κ1) is 10.1. The predicted octanol–water partition coefficient (Wildman–Crippen LogP) is 2.11. The SMILES string of the molecule is CC/C=C/NC(=O)N1CCCCC1. The summed E-state index contributed by atoms with van der Waals surface area (Å²) in [5.41, 5.74) is 0. The van der Waals surface area contributed by atoms with Crippen molar-refractivity contribution in [1.29, 1.82) is 0 Å². The molecule has 1 heterocycles. The minimum Gasteiger partial charge on any atom is -0.325 e. The summed E-state index contributed by atoms with van der Waals surface area (Å²) >= 11 is 0. The van der Waals surface area contributed by atoms with E-state index >= 15 is 0 Å². The second-order valence-corrected chi connectivity index (χ2v) is 3.31. The molecule has 0 bridgehead atoms. The molecule has 0 atom stereocenters. The Balaban J connectivity index is 2.25. The maximum atomic E-state index is 11.4. The molecule has 1 fully saturated rings. The molecule has 1 aliphatic rings. The monoisotopic (exact) mass is 182 g/mol. The van der Waals surface area contributed by atoms with Gasteiger partial charge in [0, 0.05) is 19.3 Å². The number of carbonyl (C=O) groups excluding carboxylic acids is 1. The first-order chi connectivity index (χ1) is 6.34. The molecule has 3 heteroatoms. The maximum Gasteiger partial charge on any atom is 0.321 e. The third kappa shape index (κ3) is 3.49. The number of nitrogens with one attached hydrogen (secondary N) is 1. The minimum atomic E-state index is 0.0457. The summed E-state index contributed by atoms with van der Waals surface area (Å²) in [6.07, 6.45) is 8.18. The standard InChI is InChI=1S/C10H18N2O/c1-2-3-7-11-10(13)12-8-5-4-6-9-12/h3,7H,2,4-6,8-9H2,1H3,(H,11,13)/b7-3+. The van der Waals surface area contributed by atoms with Crippen molar-refractivity contribution in [3.05, 3.63) is 12.3 Å². The first-order valence-electron chi connectivity index (χ1n) is 5.05. The molecule has 0 radical (unpaired) electrons. The lowest BCUT2D eigenvalue weighted by Crippen LogP contribution is -2.40. The average Bonchev–Trinajstić information content (AvgIpc) is 2.19. The van der Waals surface area contributed by atoms with Gasteiger partial charge in [-0.25, -0.2) is 4.79 Å². The zero-order valence-corrected chi connectivity index (χ0v) is 8.25. The quantitative estimate of drug-likeness (QED) is 0.697. The molecule has 3 nitrogen and oxygen atoms in total. The van der Waals surface area contributed by atoms with Gasteiger partial charge in [-0.3, -0.25) is 0 Å². The number of carbonyl (C=O) groups is 1. The van der Waals surface area contributed by atoms with Crippen LogP contribution in [0.25, 0.3) is 0 Å². The Morgan fingerprint density at radius 1 is 1.38 bits per heavy atom. The van der Waals surface area contributed by atoms with Crippen LogP contribution in [0, 0.1) is 0 Å². The number of piperidine rings is 1. The van der Waals surface area contributed by atoms with Crippen molar-refractivity contribution < 1.29 is 4.79 Å². The lowest BCUT2D eigenvalue weighted by atomic mass is 10.1. The highest BCUT2D eigenvalue weighted by atomic mass is 16.2.